The van der Waals surface area contributed by atoms with Crippen LogP contribution >= 0.6 is 0 Å². The quantitative estimate of drug-likeness (QED) is 0.717. The zero-order valence-corrected chi connectivity index (χ0v) is 15.3. The Morgan fingerprint density at radius 1 is 1.04 bits per heavy atom. The van der Waals surface area contributed by atoms with Gasteiger partial charge in [-0.15, -0.1) is 0 Å². The summed E-state index contributed by atoms with van der Waals surface area (Å²) in [4.78, 5) is 2.73. The Morgan fingerprint density at radius 2 is 1.65 bits per heavy atom. The Labute approximate surface area is 142 Å². The molecule has 0 saturated heterocycles. The molecule has 0 N–H and O–H groups in total. The van der Waals surface area contributed by atoms with E-state index in [1.807, 2.05) is 0 Å². The molecule has 0 radical (unpaired) electrons. The number of fused-ring (bicyclic) bond motifs is 1. The molecule has 2 aliphatic rings. The topological polar surface area (TPSA) is 12.5 Å². The summed E-state index contributed by atoms with van der Waals surface area (Å²) in [5.74, 6) is 2.54. The van der Waals surface area contributed by atoms with E-state index < -0.39 is 0 Å². The zero-order valence-electron chi connectivity index (χ0n) is 15.3. The lowest BCUT2D eigenvalue weighted by atomic mass is 9.84. The first-order valence-electron chi connectivity index (χ1n) is 9.51. The van der Waals surface area contributed by atoms with Crippen molar-refractivity contribution in [3.05, 3.63) is 29.8 Å². The van der Waals surface area contributed by atoms with E-state index in [9.17, 15) is 0 Å². The van der Waals surface area contributed by atoms with E-state index >= 15 is 0 Å². The molecule has 0 aromatic heterocycles. The molecule has 1 fully saturated rings. The predicted molar refractivity (Wildman–Crippen MR) is 96.9 cm³/mol. The number of hydrogen-bond donors (Lipinski definition) is 0. The van der Waals surface area contributed by atoms with E-state index in [0.29, 0.717) is 17.9 Å². The second kappa shape index (κ2) is 6.84. The highest BCUT2D eigenvalue weighted by atomic mass is 16.5. The molecule has 1 aliphatic carbocycles. The Morgan fingerprint density at radius 3 is 2.26 bits per heavy atom. The molecule has 0 bridgehead atoms. The number of para-hydroxylation sites is 1. The zero-order chi connectivity index (χ0) is 16.4. The summed E-state index contributed by atoms with van der Waals surface area (Å²) < 4.78 is 6.54. The lowest BCUT2D eigenvalue weighted by molar-refractivity contribution is 0.00117. The molecule has 2 heteroatoms. The average Bonchev–Trinajstić information content (AvgIpc) is 2.92. The lowest BCUT2D eigenvalue weighted by Crippen LogP contribution is -2.45. The third-order valence-corrected chi connectivity index (χ3v) is 5.32. The van der Waals surface area contributed by atoms with Gasteiger partial charge in [-0.3, -0.25) is 4.90 Å². The molecule has 2 nitrogen and oxygen atoms in total. The Balaban J connectivity index is 1.93. The van der Waals surface area contributed by atoms with Crippen molar-refractivity contribution in [3.8, 4) is 5.75 Å². The summed E-state index contributed by atoms with van der Waals surface area (Å²) in [6, 6.07) is 9.28. The van der Waals surface area contributed by atoms with Crippen LogP contribution in [0, 0.1) is 11.8 Å². The minimum absolute atomic E-state index is 0.102. The molecule has 1 aliphatic heterocycles. The Hall–Kier alpha value is -1.02. The van der Waals surface area contributed by atoms with Crippen molar-refractivity contribution in [2.75, 3.05) is 13.1 Å². The van der Waals surface area contributed by atoms with Gasteiger partial charge in [0.15, 0.2) is 0 Å². The third-order valence-electron chi connectivity index (χ3n) is 5.32. The maximum Gasteiger partial charge on any atom is 0.124 e. The first-order valence-corrected chi connectivity index (χ1v) is 9.51. The predicted octanol–water partition coefficient (Wildman–Crippen LogP) is 5.44. The fourth-order valence-electron chi connectivity index (χ4n) is 4.50. The highest BCUT2D eigenvalue weighted by molar-refractivity contribution is 5.39. The summed E-state index contributed by atoms with van der Waals surface area (Å²) in [5, 5.41) is 0. The average molecular weight is 316 g/mol. The summed E-state index contributed by atoms with van der Waals surface area (Å²) >= 11 is 0. The largest absolute Gasteiger partial charge is 0.487 e. The van der Waals surface area contributed by atoms with Crippen molar-refractivity contribution < 1.29 is 4.74 Å². The van der Waals surface area contributed by atoms with Crippen LogP contribution in [0.3, 0.4) is 0 Å². The molecule has 1 saturated carbocycles. The van der Waals surface area contributed by atoms with Crippen LogP contribution in [0.25, 0.3) is 0 Å². The summed E-state index contributed by atoms with van der Waals surface area (Å²) in [6.45, 7) is 11.7. The van der Waals surface area contributed by atoms with Gasteiger partial charge in [0.1, 0.15) is 11.4 Å². The van der Waals surface area contributed by atoms with Gasteiger partial charge in [0.05, 0.1) is 0 Å². The van der Waals surface area contributed by atoms with Crippen LogP contribution in [-0.2, 0) is 0 Å². The van der Waals surface area contributed by atoms with Crippen molar-refractivity contribution in [2.24, 2.45) is 11.8 Å². The van der Waals surface area contributed by atoms with Crippen LogP contribution in [0.1, 0.15) is 71.4 Å². The van der Waals surface area contributed by atoms with Crippen LogP contribution < -0.4 is 4.74 Å². The second-order valence-electron chi connectivity index (χ2n) is 8.49. The number of rotatable bonds is 5. The number of nitrogens with zero attached hydrogens (tertiary/aromatic N) is 1. The van der Waals surface area contributed by atoms with Crippen LogP contribution in [-0.4, -0.2) is 23.6 Å². The lowest BCUT2D eigenvalue weighted by Gasteiger charge is -2.45. The molecule has 128 valence electrons. The van der Waals surface area contributed by atoms with E-state index in [1.54, 1.807) is 0 Å². The summed E-state index contributed by atoms with van der Waals surface area (Å²) in [6.07, 6.45) is 6.28. The molecule has 1 atom stereocenters. The van der Waals surface area contributed by atoms with Crippen LogP contribution in [0.4, 0.5) is 0 Å². The van der Waals surface area contributed by atoms with Crippen LogP contribution in [0.5, 0.6) is 5.75 Å². The van der Waals surface area contributed by atoms with Crippen molar-refractivity contribution >= 4 is 0 Å². The Kier molecular flexibility index (Phi) is 5.01. The molecular weight excluding hydrogens is 282 g/mol. The first kappa shape index (κ1) is 16.8. The normalized spacial score (nSPS) is 22.8. The fourth-order valence-corrected chi connectivity index (χ4v) is 4.50. The van der Waals surface area contributed by atoms with Gasteiger partial charge in [0, 0.05) is 31.1 Å². The minimum Gasteiger partial charge on any atom is -0.487 e. The Bertz CT molecular complexity index is 506. The fraction of sp³-hybridized carbons (Fsp3) is 0.714. The highest BCUT2D eigenvalue weighted by Gasteiger charge is 2.44. The van der Waals surface area contributed by atoms with E-state index in [2.05, 4.69) is 56.9 Å². The summed E-state index contributed by atoms with van der Waals surface area (Å²) in [5.41, 5.74) is 1.51. The van der Waals surface area contributed by atoms with Crippen molar-refractivity contribution in [1.82, 2.24) is 4.90 Å². The molecule has 1 unspecified atom stereocenters. The monoisotopic (exact) mass is 315 g/mol. The first-order chi connectivity index (χ1) is 11.0. The van der Waals surface area contributed by atoms with Crippen molar-refractivity contribution in [1.29, 1.82) is 0 Å². The molecule has 3 rings (SSSR count). The van der Waals surface area contributed by atoms with Gasteiger partial charge in [-0.1, -0.05) is 45.9 Å². The smallest absolute Gasteiger partial charge is 0.124 e. The van der Waals surface area contributed by atoms with Gasteiger partial charge >= 0.3 is 0 Å². The van der Waals surface area contributed by atoms with E-state index in [0.717, 1.165) is 5.75 Å². The van der Waals surface area contributed by atoms with Gasteiger partial charge in [0.25, 0.3) is 0 Å². The third kappa shape index (κ3) is 3.74. The van der Waals surface area contributed by atoms with Crippen molar-refractivity contribution in [3.63, 3.8) is 0 Å². The minimum atomic E-state index is 0.102. The maximum absolute atomic E-state index is 6.54. The number of hydrogen-bond acceptors (Lipinski definition) is 2. The van der Waals surface area contributed by atoms with E-state index in [4.69, 9.17) is 4.74 Å². The molecule has 0 amide bonds. The van der Waals surface area contributed by atoms with Gasteiger partial charge in [-0.25, -0.2) is 0 Å². The van der Waals surface area contributed by atoms with Crippen LogP contribution in [0.2, 0.25) is 0 Å². The number of ether oxygens (including phenoxy) is 1. The maximum atomic E-state index is 6.54. The van der Waals surface area contributed by atoms with E-state index in [1.165, 1.54) is 50.8 Å². The van der Waals surface area contributed by atoms with Gasteiger partial charge in [-0.2, -0.15) is 0 Å². The molecular formula is C21H33NO. The van der Waals surface area contributed by atoms with Crippen LogP contribution in [0.15, 0.2) is 24.3 Å². The highest BCUT2D eigenvalue weighted by Crippen LogP contribution is 2.49. The summed E-state index contributed by atoms with van der Waals surface area (Å²) in [7, 11) is 0. The SMILES string of the molecule is CC(C)CN(CC(C)C)C1CC2(CCCC2)Oc2ccccc21. The van der Waals surface area contributed by atoms with Gasteiger partial charge in [0.2, 0.25) is 0 Å². The molecule has 1 aromatic carbocycles. The molecule has 1 aromatic rings. The van der Waals surface area contributed by atoms with Crippen molar-refractivity contribution in [2.45, 2.75) is 71.4 Å². The van der Waals surface area contributed by atoms with Gasteiger partial charge < -0.3 is 4.74 Å². The molecule has 1 heterocycles. The molecule has 23 heavy (non-hydrogen) atoms. The molecule has 1 spiro atoms. The standard InChI is InChI=1S/C21H33NO/c1-16(2)14-22(15-17(3)4)19-13-21(11-7-8-12-21)23-20-10-6-5-9-18(19)20/h5-6,9-10,16-17,19H,7-8,11-15H2,1-4H3. The van der Waals surface area contributed by atoms with E-state index in [-0.39, 0.29) is 5.60 Å². The second-order valence-corrected chi connectivity index (χ2v) is 8.49. The van der Waals surface area contributed by atoms with Gasteiger partial charge in [-0.05, 0) is 43.6 Å². The number of benzene rings is 1.